The van der Waals surface area contributed by atoms with E-state index in [0.717, 1.165) is 13.1 Å². The minimum Gasteiger partial charge on any atom is -0.411 e. The summed E-state index contributed by atoms with van der Waals surface area (Å²) in [4.78, 5) is 2.14. The molecule has 58 valence electrons. The molecule has 0 radical (unpaired) electrons. The smallest absolute Gasteiger partial charge is 0.0162 e. The molecule has 0 bridgehead atoms. The number of hydrogen-bond acceptors (Lipinski definition) is 2. The summed E-state index contributed by atoms with van der Waals surface area (Å²) >= 11 is 9.83. The molecule has 0 aliphatic carbocycles. The van der Waals surface area contributed by atoms with Crippen molar-refractivity contribution in [3.63, 3.8) is 0 Å². The second-order valence-corrected chi connectivity index (χ2v) is 3.70. The van der Waals surface area contributed by atoms with E-state index in [1.807, 2.05) is 0 Å². The van der Waals surface area contributed by atoms with Crippen LogP contribution in [0.1, 0.15) is 25.7 Å². The number of likely N-dealkylation sites (tertiary alicyclic amines) is 1. The van der Waals surface area contributed by atoms with E-state index in [0.29, 0.717) is 4.32 Å². The zero-order chi connectivity index (χ0) is 7.40. The van der Waals surface area contributed by atoms with Crippen molar-refractivity contribution >= 4 is 29.2 Å². The Morgan fingerprint density at radius 3 is 2.00 bits per heavy atom. The van der Waals surface area contributed by atoms with Gasteiger partial charge in [0, 0.05) is 13.1 Å². The maximum Gasteiger partial charge on any atom is 0.0162 e. The topological polar surface area (TPSA) is 3.24 Å². The van der Waals surface area contributed by atoms with Gasteiger partial charge in [0.25, 0.3) is 0 Å². The van der Waals surface area contributed by atoms with Gasteiger partial charge >= 0.3 is 0 Å². The zero-order valence-corrected chi connectivity index (χ0v) is 7.64. The van der Waals surface area contributed by atoms with E-state index in [2.05, 4.69) is 4.90 Å². The van der Waals surface area contributed by atoms with Crippen molar-refractivity contribution in [3.05, 3.63) is 0 Å². The van der Waals surface area contributed by atoms with Crippen LogP contribution >= 0.6 is 12.2 Å². The van der Waals surface area contributed by atoms with Crippen LogP contribution in [0.5, 0.6) is 0 Å². The highest BCUT2D eigenvalue weighted by Gasteiger charge is 2.04. The highest BCUT2D eigenvalue weighted by molar-refractivity contribution is 8.00. The molecule has 1 fully saturated rings. The highest BCUT2D eigenvalue weighted by Crippen LogP contribution is 2.09. The van der Waals surface area contributed by atoms with Crippen molar-refractivity contribution in [2.75, 3.05) is 13.1 Å². The van der Waals surface area contributed by atoms with Crippen LogP contribution in [0.3, 0.4) is 0 Å². The molecule has 1 aliphatic rings. The Morgan fingerprint density at radius 2 is 1.60 bits per heavy atom. The summed E-state index contributed by atoms with van der Waals surface area (Å²) < 4.78 is 0.655. The van der Waals surface area contributed by atoms with Gasteiger partial charge in [-0.3, -0.25) is 0 Å². The Labute approximate surface area is 73.2 Å². The molecule has 0 aromatic carbocycles. The summed E-state index contributed by atoms with van der Waals surface area (Å²) in [5, 5.41) is 0. The lowest BCUT2D eigenvalue weighted by atomic mass is 10.2. The lowest BCUT2D eigenvalue weighted by Crippen LogP contribution is -2.28. The molecular formula is C7H12NS2-. The van der Waals surface area contributed by atoms with Crippen LogP contribution in [0.25, 0.3) is 0 Å². The van der Waals surface area contributed by atoms with Gasteiger partial charge in [0.05, 0.1) is 0 Å². The van der Waals surface area contributed by atoms with Gasteiger partial charge in [0.15, 0.2) is 0 Å². The second kappa shape index (κ2) is 4.09. The molecule has 1 nitrogen and oxygen atoms in total. The summed E-state index contributed by atoms with van der Waals surface area (Å²) in [7, 11) is 0. The minimum atomic E-state index is 0.655. The Morgan fingerprint density at radius 1 is 1.10 bits per heavy atom. The van der Waals surface area contributed by atoms with Gasteiger partial charge in [-0.2, -0.15) is 0 Å². The fourth-order valence-corrected chi connectivity index (χ4v) is 1.62. The molecule has 1 rings (SSSR count). The van der Waals surface area contributed by atoms with Gasteiger partial charge in [0.1, 0.15) is 0 Å². The lowest BCUT2D eigenvalue weighted by molar-refractivity contribution is 0.450. The summed E-state index contributed by atoms with van der Waals surface area (Å²) in [6.45, 7) is 2.17. The number of thiocarbonyl (C=S) groups is 1. The molecule has 1 heterocycles. The predicted octanol–water partition coefficient (Wildman–Crippen LogP) is 1.69. The van der Waals surface area contributed by atoms with E-state index in [1.54, 1.807) is 0 Å². The molecule has 0 atom stereocenters. The van der Waals surface area contributed by atoms with Gasteiger partial charge in [-0.15, -0.1) is 0 Å². The molecule has 1 saturated heterocycles. The molecule has 0 N–H and O–H groups in total. The maximum absolute atomic E-state index is 4.92. The van der Waals surface area contributed by atoms with Crippen LogP contribution < -0.4 is 0 Å². The van der Waals surface area contributed by atoms with Gasteiger partial charge < -0.3 is 29.7 Å². The van der Waals surface area contributed by atoms with Crippen LogP contribution in [0.2, 0.25) is 0 Å². The molecule has 0 spiro atoms. The SMILES string of the molecule is S=C([S-])N1CCCCCC1. The van der Waals surface area contributed by atoms with E-state index in [-0.39, 0.29) is 0 Å². The van der Waals surface area contributed by atoms with Crippen LogP contribution in [0.4, 0.5) is 0 Å². The monoisotopic (exact) mass is 174 g/mol. The number of hydrogen-bond donors (Lipinski definition) is 0. The first-order chi connectivity index (χ1) is 4.80. The van der Waals surface area contributed by atoms with Gasteiger partial charge in [0.2, 0.25) is 0 Å². The van der Waals surface area contributed by atoms with E-state index < -0.39 is 0 Å². The van der Waals surface area contributed by atoms with E-state index in [4.69, 9.17) is 24.8 Å². The number of nitrogens with zero attached hydrogens (tertiary/aromatic N) is 1. The summed E-state index contributed by atoms with van der Waals surface area (Å²) in [5.41, 5.74) is 0. The lowest BCUT2D eigenvalue weighted by Gasteiger charge is -2.26. The molecule has 1 aliphatic heterocycles. The van der Waals surface area contributed by atoms with Crippen molar-refractivity contribution in [2.24, 2.45) is 0 Å². The first-order valence-electron chi connectivity index (χ1n) is 3.76. The second-order valence-electron chi connectivity index (χ2n) is 2.67. The minimum absolute atomic E-state index is 0.655. The van der Waals surface area contributed by atoms with Crippen LogP contribution in [0.15, 0.2) is 0 Å². The maximum atomic E-state index is 4.92. The Kier molecular flexibility index (Phi) is 3.35. The summed E-state index contributed by atoms with van der Waals surface area (Å²) in [5.74, 6) is 0. The zero-order valence-electron chi connectivity index (χ0n) is 6.01. The van der Waals surface area contributed by atoms with E-state index in [9.17, 15) is 0 Å². The van der Waals surface area contributed by atoms with Gasteiger partial charge in [-0.1, -0.05) is 17.2 Å². The van der Waals surface area contributed by atoms with Crippen molar-refractivity contribution < 1.29 is 0 Å². The summed E-state index contributed by atoms with van der Waals surface area (Å²) in [6, 6.07) is 0. The summed E-state index contributed by atoms with van der Waals surface area (Å²) in [6.07, 6.45) is 5.20. The molecule has 0 unspecified atom stereocenters. The van der Waals surface area contributed by atoms with E-state index >= 15 is 0 Å². The fourth-order valence-electron chi connectivity index (χ4n) is 1.25. The average molecular weight is 174 g/mol. The Bertz CT molecular complexity index is 117. The quantitative estimate of drug-likeness (QED) is 0.406. The van der Waals surface area contributed by atoms with Crippen molar-refractivity contribution in [1.29, 1.82) is 0 Å². The largest absolute Gasteiger partial charge is 0.411 e. The van der Waals surface area contributed by atoms with Crippen LogP contribution in [-0.4, -0.2) is 22.3 Å². The molecule has 0 amide bonds. The first kappa shape index (κ1) is 8.21. The Hall–Kier alpha value is 0.110. The standard InChI is InChI=1S/C7H13NS2/c9-7(10)8-5-3-1-2-4-6-8/h1-6H2,(H,9,10)/p-1. The third-order valence-corrected chi connectivity index (χ3v) is 2.38. The van der Waals surface area contributed by atoms with Crippen LogP contribution in [0, 0.1) is 0 Å². The van der Waals surface area contributed by atoms with Crippen molar-refractivity contribution in [1.82, 2.24) is 4.90 Å². The van der Waals surface area contributed by atoms with Crippen LogP contribution in [-0.2, 0) is 12.6 Å². The number of rotatable bonds is 0. The van der Waals surface area contributed by atoms with Gasteiger partial charge in [-0.25, -0.2) is 0 Å². The first-order valence-corrected chi connectivity index (χ1v) is 4.58. The highest BCUT2D eigenvalue weighted by atomic mass is 32.1. The molecule has 0 saturated carbocycles. The predicted molar refractivity (Wildman–Crippen MR) is 50.0 cm³/mol. The van der Waals surface area contributed by atoms with Gasteiger partial charge in [-0.05, 0) is 12.8 Å². The van der Waals surface area contributed by atoms with Crippen molar-refractivity contribution in [2.45, 2.75) is 25.7 Å². The molecule has 10 heavy (non-hydrogen) atoms. The molecule has 0 aromatic rings. The Balaban J connectivity index is 2.35. The normalized spacial score (nSPS) is 20.2. The molecule has 3 heteroatoms. The molecular weight excluding hydrogens is 162 g/mol. The molecule has 0 aromatic heterocycles. The third kappa shape index (κ3) is 2.39. The third-order valence-electron chi connectivity index (χ3n) is 1.86. The van der Waals surface area contributed by atoms with Crippen molar-refractivity contribution in [3.8, 4) is 0 Å². The average Bonchev–Trinajstić information content (AvgIpc) is 2.12. The van der Waals surface area contributed by atoms with E-state index in [1.165, 1.54) is 25.7 Å². The fraction of sp³-hybridized carbons (Fsp3) is 0.857.